The number of hydrogen-bond acceptors (Lipinski definition) is 10. The lowest BCUT2D eigenvalue weighted by Crippen LogP contribution is -2.38. The third kappa shape index (κ3) is 10.4. The van der Waals surface area contributed by atoms with Crippen molar-refractivity contribution in [2.45, 2.75) is 66.7 Å². The first kappa shape index (κ1) is 41.8. The van der Waals surface area contributed by atoms with E-state index < -0.39 is 31.5 Å². The van der Waals surface area contributed by atoms with Crippen LogP contribution in [0.4, 0.5) is 9.18 Å². The van der Waals surface area contributed by atoms with Gasteiger partial charge in [0.15, 0.2) is 11.5 Å². The second kappa shape index (κ2) is 18.4. The van der Waals surface area contributed by atoms with E-state index in [2.05, 4.69) is 20.7 Å². The van der Waals surface area contributed by atoms with Crippen LogP contribution in [0.15, 0.2) is 47.4 Å². The Balaban J connectivity index is 1.35. The molecule has 15 nitrogen and oxygen atoms in total. The Labute approximate surface area is 314 Å². The molecule has 1 saturated heterocycles. The first-order valence-electron chi connectivity index (χ1n) is 17.5. The SMILES string of the molecule is CCN(CCNC(=O)c1c(C)[nH]c(/C=C2\C(=O)NC3=CC=C(F)CC32)c1C)C(=O)OCc1ccc(OC)c(OP(=O)(COC)N[C@@H](C)C(=O)OC(C)C)c1. The number of aromatic amines is 1. The molecule has 54 heavy (non-hydrogen) atoms. The molecule has 1 fully saturated rings. The average Bonchev–Trinajstić information content (AvgIpc) is 3.57. The Hall–Kier alpha value is -4.92. The van der Waals surface area contributed by atoms with E-state index in [0.717, 1.165) is 0 Å². The lowest BCUT2D eigenvalue weighted by molar-refractivity contribution is -0.149. The molecule has 2 unspecified atom stereocenters. The Kier molecular flexibility index (Phi) is 14.3. The summed E-state index contributed by atoms with van der Waals surface area (Å²) in [6, 6.07) is 3.75. The maximum atomic E-state index is 14.0. The monoisotopic (exact) mass is 773 g/mol. The fourth-order valence-corrected chi connectivity index (χ4v) is 7.68. The number of nitrogens with one attached hydrogen (secondary N) is 4. The minimum absolute atomic E-state index is 0.0706. The van der Waals surface area contributed by atoms with E-state index in [-0.39, 0.29) is 67.7 Å². The molecular weight excluding hydrogens is 724 g/mol. The number of methoxy groups -OCH3 is 2. The molecule has 1 aromatic heterocycles. The van der Waals surface area contributed by atoms with Crippen LogP contribution in [0.2, 0.25) is 0 Å². The number of allylic oxidation sites excluding steroid dienone is 4. The normalized spacial score (nSPS) is 17.5. The molecule has 3 amide bonds. The molecule has 0 saturated carbocycles. The highest BCUT2D eigenvalue weighted by atomic mass is 31.2. The zero-order valence-electron chi connectivity index (χ0n) is 31.8. The summed E-state index contributed by atoms with van der Waals surface area (Å²) in [4.78, 5) is 55.9. The molecule has 2 aromatic rings. The number of hydrogen-bond donors (Lipinski definition) is 4. The molecule has 1 aliphatic heterocycles. The summed E-state index contributed by atoms with van der Waals surface area (Å²) < 4.78 is 54.8. The van der Waals surface area contributed by atoms with Gasteiger partial charge in [0.1, 0.15) is 24.8 Å². The van der Waals surface area contributed by atoms with Gasteiger partial charge in [-0.15, -0.1) is 0 Å². The topological polar surface area (TPSA) is 187 Å². The van der Waals surface area contributed by atoms with Gasteiger partial charge in [-0.1, -0.05) is 6.07 Å². The first-order chi connectivity index (χ1) is 25.6. The summed E-state index contributed by atoms with van der Waals surface area (Å²) in [6.07, 6.45) is 3.29. The number of fused-ring (bicyclic) bond motifs is 1. The van der Waals surface area contributed by atoms with Gasteiger partial charge in [-0.2, -0.15) is 0 Å². The highest BCUT2D eigenvalue weighted by Gasteiger charge is 2.36. The quantitative estimate of drug-likeness (QED) is 0.0916. The van der Waals surface area contributed by atoms with E-state index in [0.29, 0.717) is 45.9 Å². The molecule has 294 valence electrons. The van der Waals surface area contributed by atoms with Crippen LogP contribution in [0.5, 0.6) is 11.5 Å². The van der Waals surface area contributed by atoms with E-state index in [1.807, 2.05) is 0 Å². The summed E-state index contributed by atoms with van der Waals surface area (Å²) in [7, 11) is -1.07. The van der Waals surface area contributed by atoms with E-state index in [9.17, 15) is 28.1 Å². The van der Waals surface area contributed by atoms with Crippen LogP contribution < -0.4 is 25.0 Å². The van der Waals surface area contributed by atoms with Gasteiger partial charge in [0.05, 0.1) is 18.8 Å². The first-order valence-corrected chi connectivity index (χ1v) is 19.3. The Bertz CT molecular complexity index is 1890. The summed E-state index contributed by atoms with van der Waals surface area (Å²) >= 11 is 0. The number of rotatable bonds is 17. The number of nitrogens with zero attached hydrogens (tertiary/aromatic N) is 1. The number of halogens is 1. The molecule has 0 radical (unpaired) electrons. The number of aromatic nitrogens is 1. The number of esters is 1. The van der Waals surface area contributed by atoms with Gasteiger partial charge < -0.3 is 44.0 Å². The molecule has 0 bridgehead atoms. The summed E-state index contributed by atoms with van der Waals surface area (Å²) in [5, 5.41) is 8.31. The molecule has 1 aliphatic carbocycles. The van der Waals surface area contributed by atoms with Crippen LogP contribution in [-0.2, 0) is 35.0 Å². The molecule has 2 aliphatic rings. The van der Waals surface area contributed by atoms with Gasteiger partial charge >= 0.3 is 19.6 Å². The number of amides is 3. The Morgan fingerprint density at radius 2 is 1.87 bits per heavy atom. The maximum Gasteiger partial charge on any atom is 0.410 e. The van der Waals surface area contributed by atoms with Crippen molar-refractivity contribution in [2.75, 3.05) is 40.2 Å². The summed E-state index contributed by atoms with van der Waals surface area (Å²) in [5.74, 6) is -1.70. The molecule has 17 heteroatoms. The zero-order chi connectivity index (χ0) is 39.7. The van der Waals surface area contributed by atoms with Crippen LogP contribution >= 0.6 is 7.52 Å². The van der Waals surface area contributed by atoms with Gasteiger partial charge in [0.2, 0.25) is 0 Å². The number of carbonyl (C=O) groups excluding carboxylic acids is 4. The Morgan fingerprint density at radius 1 is 1.13 bits per heavy atom. The number of ether oxygens (including phenoxy) is 4. The predicted octanol–water partition coefficient (Wildman–Crippen LogP) is 5.40. The number of benzene rings is 1. The van der Waals surface area contributed by atoms with Crippen LogP contribution in [0.1, 0.15) is 67.0 Å². The van der Waals surface area contributed by atoms with Crippen LogP contribution in [0.3, 0.4) is 0 Å². The van der Waals surface area contributed by atoms with E-state index in [4.69, 9.17) is 23.5 Å². The number of carbonyl (C=O) groups is 4. The largest absolute Gasteiger partial charge is 0.493 e. The van der Waals surface area contributed by atoms with Crippen LogP contribution in [-0.4, -0.2) is 86.1 Å². The summed E-state index contributed by atoms with van der Waals surface area (Å²) in [5.41, 5.74) is 3.75. The lowest BCUT2D eigenvalue weighted by Gasteiger charge is -2.24. The molecule has 2 heterocycles. The van der Waals surface area contributed by atoms with Crippen LogP contribution in [0, 0.1) is 19.8 Å². The average molecular weight is 774 g/mol. The third-order valence-corrected chi connectivity index (χ3v) is 10.5. The second-order valence-electron chi connectivity index (χ2n) is 13.1. The molecule has 4 N–H and O–H groups in total. The molecule has 1 aromatic carbocycles. The van der Waals surface area contributed by atoms with Crippen molar-refractivity contribution in [2.24, 2.45) is 5.92 Å². The van der Waals surface area contributed by atoms with Crippen molar-refractivity contribution in [1.29, 1.82) is 0 Å². The van der Waals surface area contributed by atoms with Crippen LogP contribution in [0.25, 0.3) is 6.08 Å². The maximum absolute atomic E-state index is 14.0. The number of likely N-dealkylation sites (N-methyl/N-ethyl adjacent to an activating group) is 1. The zero-order valence-corrected chi connectivity index (χ0v) is 32.7. The van der Waals surface area contributed by atoms with Crippen molar-refractivity contribution < 1.29 is 51.6 Å². The standard InChI is InChI=1S/C37H49FN5O10P/c1-9-43(15-14-39-35(45)33-22(4)30(40-23(33)5)18-28-27-17-26(38)11-12-29(27)41-34(28)44)37(47)51-19-25-10-13-31(50-8)32(16-25)53-54(48,20-49-7)42-24(6)36(46)52-21(2)3/h10-13,16,18,21,24,27,40H,9,14-15,17,19-20H2,1-8H3,(H,39,45)(H,41,44)(H,42,48)/b28-18-/t24-,27?,54?/m0/s1. The molecule has 4 rings (SSSR count). The van der Waals surface area contributed by atoms with E-state index in [1.54, 1.807) is 58.9 Å². The van der Waals surface area contributed by atoms with Gasteiger partial charge in [-0.25, -0.2) is 14.3 Å². The van der Waals surface area contributed by atoms with Crippen molar-refractivity contribution in [1.82, 2.24) is 25.6 Å². The highest BCUT2D eigenvalue weighted by Crippen LogP contribution is 2.47. The van der Waals surface area contributed by atoms with E-state index >= 15 is 0 Å². The highest BCUT2D eigenvalue weighted by molar-refractivity contribution is 7.57. The van der Waals surface area contributed by atoms with Crippen molar-refractivity contribution in [3.63, 3.8) is 0 Å². The van der Waals surface area contributed by atoms with Crippen molar-refractivity contribution >= 4 is 37.5 Å². The summed E-state index contributed by atoms with van der Waals surface area (Å²) in [6.45, 7) is 10.6. The van der Waals surface area contributed by atoms with E-state index in [1.165, 1.54) is 38.2 Å². The molecular formula is C37H49FN5O10P. The molecule has 3 atom stereocenters. The molecule has 0 spiro atoms. The van der Waals surface area contributed by atoms with Crippen molar-refractivity contribution in [3.05, 3.63) is 75.5 Å². The smallest absolute Gasteiger partial charge is 0.410 e. The number of aryl methyl sites for hydroxylation is 1. The van der Waals surface area contributed by atoms with Crippen molar-refractivity contribution in [3.8, 4) is 11.5 Å². The fraction of sp³-hybridized carbons (Fsp3) is 0.459. The van der Waals surface area contributed by atoms with Gasteiger partial charge in [-0.3, -0.25) is 18.9 Å². The Morgan fingerprint density at radius 3 is 2.54 bits per heavy atom. The minimum Gasteiger partial charge on any atom is -0.493 e. The second-order valence-corrected chi connectivity index (χ2v) is 15.1. The fourth-order valence-electron chi connectivity index (χ4n) is 6.01. The lowest BCUT2D eigenvalue weighted by atomic mass is 9.91. The van der Waals surface area contributed by atoms with Gasteiger partial charge in [0, 0.05) is 61.7 Å². The van der Waals surface area contributed by atoms with Gasteiger partial charge in [0.25, 0.3) is 11.8 Å². The van der Waals surface area contributed by atoms with Gasteiger partial charge in [-0.05, 0) is 83.0 Å². The third-order valence-electron chi connectivity index (χ3n) is 8.65. The number of H-pyrrole nitrogens is 1. The minimum atomic E-state index is -3.82. The predicted molar refractivity (Wildman–Crippen MR) is 198 cm³/mol.